The molecule has 6 rings (SSSR count). The number of nitrogens with one attached hydrogen (secondary N) is 3. The van der Waals surface area contributed by atoms with Crippen LogP contribution in [-0.4, -0.2) is 66.9 Å². The van der Waals surface area contributed by atoms with E-state index in [1.54, 1.807) is 50.4 Å². The number of alkyl halides is 3. The molecule has 0 bridgehead atoms. The first kappa shape index (κ1) is 39.1. The third-order valence-electron chi connectivity index (χ3n) is 9.79. The molecule has 4 aromatic rings. The van der Waals surface area contributed by atoms with Crippen molar-refractivity contribution >= 4 is 51.8 Å². The minimum atomic E-state index is -4.70. The van der Waals surface area contributed by atoms with E-state index in [1.165, 1.54) is 6.07 Å². The van der Waals surface area contributed by atoms with Gasteiger partial charge in [0, 0.05) is 41.8 Å². The summed E-state index contributed by atoms with van der Waals surface area (Å²) >= 11 is 0. The molecule has 55 heavy (non-hydrogen) atoms. The fraction of sp³-hybridized carbons (Fsp3) is 0.410. The number of nitrogens with zero attached hydrogens (tertiary/aromatic N) is 4. The Balaban J connectivity index is 0.948. The van der Waals surface area contributed by atoms with Gasteiger partial charge in [-0.2, -0.15) is 18.3 Å². The van der Waals surface area contributed by atoms with E-state index in [1.807, 2.05) is 4.68 Å². The molecule has 1 unspecified atom stereocenters. The van der Waals surface area contributed by atoms with Crippen LogP contribution in [0.3, 0.4) is 0 Å². The second kappa shape index (κ2) is 16.0. The van der Waals surface area contributed by atoms with Gasteiger partial charge in [0.1, 0.15) is 17.4 Å². The summed E-state index contributed by atoms with van der Waals surface area (Å²) in [6, 6.07) is 10.5. The number of aromatic nitrogens is 3. The minimum absolute atomic E-state index is 0.0605. The molecule has 1 saturated heterocycles. The van der Waals surface area contributed by atoms with Crippen molar-refractivity contribution in [3.63, 3.8) is 0 Å². The van der Waals surface area contributed by atoms with E-state index in [9.17, 15) is 42.3 Å². The molecule has 2 aromatic heterocycles. The van der Waals surface area contributed by atoms with Gasteiger partial charge in [-0.25, -0.2) is 4.98 Å². The van der Waals surface area contributed by atoms with Crippen molar-refractivity contribution in [1.29, 1.82) is 0 Å². The molecule has 0 saturated carbocycles. The maximum atomic E-state index is 13.3. The van der Waals surface area contributed by atoms with Gasteiger partial charge < -0.3 is 15.7 Å². The lowest BCUT2D eigenvalue weighted by Crippen LogP contribution is -2.54. The summed E-state index contributed by atoms with van der Waals surface area (Å²) in [6.07, 6.45) is 3.79. The highest BCUT2D eigenvalue weighted by molar-refractivity contribution is 6.25. The number of pyridine rings is 1. The number of benzene rings is 2. The molecule has 13 nitrogen and oxygen atoms in total. The Morgan fingerprint density at radius 2 is 1.64 bits per heavy atom. The van der Waals surface area contributed by atoms with Gasteiger partial charge in [0.05, 0.1) is 28.4 Å². The van der Waals surface area contributed by atoms with Gasteiger partial charge in [-0.15, -0.1) is 0 Å². The number of aryl methyl sites for hydroxylation is 1. The van der Waals surface area contributed by atoms with Crippen LogP contribution in [0.2, 0.25) is 0 Å². The Labute approximate surface area is 314 Å². The predicted molar refractivity (Wildman–Crippen MR) is 196 cm³/mol. The highest BCUT2D eigenvalue weighted by Gasteiger charge is 2.45. The molecule has 16 heteroatoms. The molecule has 2 aromatic carbocycles. The minimum Gasteiger partial charge on any atom is -0.386 e. The van der Waals surface area contributed by atoms with E-state index in [-0.39, 0.29) is 29.7 Å². The number of aliphatic hydroxyl groups is 1. The Bertz CT molecular complexity index is 2140. The Morgan fingerprint density at radius 1 is 0.927 bits per heavy atom. The second-order valence-corrected chi connectivity index (χ2v) is 14.3. The average Bonchev–Trinajstić information content (AvgIpc) is 3.64. The van der Waals surface area contributed by atoms with Crippen molar-refractivity contribution in [2.24, 2.45) is 0 Å². The first-order valence-corrected chi connectivity index (χ1v) is 18.3. The van der Waals surface area contributed by atoms with Crippen LogP contribution in [0, 0.1) is 0 Å². The van der Waals surface area contributed by atoms with Gasteiger partial charge in [0.2, 0.25) is 11.8 Å². The number of halogens is 3. The average molecular weight is 762 g/mol. The molecule has 4 N–H and O–H groups in total. The van der Waals surface area contributed by atoms with Crippen molar-refractivity contribution in [3.05, 3.63) is 82.8 Å². The van der Waals surface area contributed by atoms with Gasteiger partial charge >= 0.3 is 6.18 Å². The molecular formula is C39H42F3N7O6. The number of fused-ring (bicyclic) bond motifs is 2. The lowest BCUT2D eigenvalue weighted by molar-refractivity contribution is -0.141. The number of carbonyl (C=O) groups is 5. The fourth-order valence-corrected chi connectivity index (χ4v) is 6.97. The predicted octanol–water partition coefficient (Wildman–Crippen LogP) is 6.17. The van der Waals surface area contributed by atoms with Gasteiger partial charge in [-0.3, -0.25) is 38.9 Å². The third kappa shape index (κ3) is 8.69. The SMILES string of the molecule is CC(C)(O)c1cc2c(cnn2CCCCCCCCCNc2cccc3c2C(=O)N(C2CCC(=O)NC2=O)C3=O)cc1NC(=O)c1cccc(C(F)(F)F)n1. The molecule has 0 spiro atoms. The number of carbonyl (C=O) groups excluding carboxylic acids is 5. The summed E-state index contributed by atoms with van der Waals surface area (Å²) in [5, 5.41) is 24.2. The van der Waals surface area contributed by atoms with Crippen LogP contribution in [0.15, 0.2) is 54.7 Å². The largest absolute Gasteiger partial charge is 0.433 e. The van der Waals surface area contributed by atoms with Gasteiger partial charge in [-0.1, -0.05) is 44.2 Å². The summed E-state index contributed by atoms with van der Waals surface area (Å²) in [4.78, 5) is 67.6. The number of hydrogen-bond donors (Lipinski definition) is 4. The van der Waals surface area contributed by atoms with Gasteiger partial charge in [-0.05, 0) is 69.5 Å². The maximum Gasteiger partial charge on any atom is 0.433 e. The fourth-order valence-electron chi connectivity index (χ4n) is 6.97. The molecule has 2 aliphatic rings. The van der Waals surface area contributed by atoms with Crippen molar-refractivity contribution in [2.45, 2.75) is 96.0 Å². The number of amides is 5. The zero-order valence-electron chi connectivity index (χ0n) is 30.5. The number of rotatable bonds is 15. The molecule has 1 atom stereocenters. The topological polar surface area (TPSA) is 176 Å². The first-order valence-electron chi connectivity index (χ1n) is 18.3. The van der Waals surface area contributed by atoms with Crippen molar-refractivity contribution in [3.8, 4) is 0 Å². The van der Waals surface area contributed by atoms with Crippen molar-refractivity contribution in [2.75, 3.05) is 17.2 Å². The highest BCUT2D eigenvalue weighted by Crippen LogP contribution is 2.34. The van der Waals surface area contributed by atoms with Gasteiger partial charge in [0.15, 0.2) is 0 Å². The van der Waals surface area contributed by atoms with Crippen LogP contribution >= 0.6 is 0 Å². The molecule has 0 radical (unpaired) electrons. The van der Waals surface area contributed by atoms with Crippen molar-refractivity contribution < 1.29 is 42.3 Å². The number of piperidine rings is 1. The van der Waals surface area contributed by atoms with E-state index in [4.69, 9.17) is 0 Å². The summed E-state index contributed by atoms with van der Waals surface area (Å²) in [6.45, 7) is 4.34. The van der Waals surface area contributed by atoms with E-state index >= 15 is 0 Å². The van der Waals surface area contributed by atoms with E-state index in [2.05, 4.69) is 26.0 Å². The summed E-state index contributed by atoms with van der Waals surface area (Å²) in [7, 11) is 0. The lowest BCUT2D eigenvalue weighted by Gasteiger charge is -2.27. The number of unbranched alkanes of at least 4 members (excludes halogenated alkanes) is 6. The molecule has 1 fully saturated rings. The summed E-state index contributed by atoms with van der Waals surface area (Å²) in [5.41, 5.74) is -0.576. The van der Waals surface area contributed by atoms with Gasteiger partial charge in [0.25, 0.3) is 17.7 Å². The standard InChI is InChI=1S/C39H42F3N7O6/c1-38(2,55)25-21-30-23(20-28(25)46-34(51)27-14-11-15-31(45-27)39(40,41)42)22-44-48(30)19-9-7-5-3-4-6-8-18-43-26-13-10-12-24-33(26)37(54)49(36(24)53)29-16-17-32(50)47-35(29)52/h10-15,20-22,29,43,55H,3-9,16-19H2,1-2H3,(H,46,51)(H,47,50,52). The molecule has 5 amide bonds. The Hall–Kier alpha value is -5.64. The quantitative estimate of drug-likeness (QED) is 0.0815. The molecule has 4 heterocycles. The molecule has 290 valence electrons. The van der Waals surface area contributed by atoms with Crippen LogP contribution in [0.5, 0.6) is 0 Å². The van der Waals surface area contributed by atoms with Crippen molar-refractivity contribution in [1.82, 2.24) is 25.0 Å². The second-order valence-electron chi connectivity index (χ2n) is 14.3. The number of imide groups is 2. The third-order valence-corrected chi connectivity index (χ3v) is 9.79. The molecule has 2 aliphatic heterocycles. The summed E-state index contributed by atoms with van der Waals surface area (Å²) < 4.78 is 41.3. The smallest absolute Gasteiger partial charge is 0.386 e. The zero-order chi connectivity index (χ0) is 39.5. The first-order chi connectivity index (χ1) is 26.1. The normalized spacial score (nSPS) is 16.1. The van der Waals surface area contributed by atoms with Crippen LogP contribution in [-0.2, 0) is 27.9 Å². The highest BCUT2D eigenvalue weighted by atomic mass is 19.4. The van der Waals surface area contributed by atoms with Crippen LogP contribution < -0.4 is 16.0 Å². The Kier molecular flexibility index (Phi) is 11.4. The lowest BCUT2D eigenvalue weighted by atomic mass is 9.95. The molecular weight excluding hydrogens is 719 g/mol. The monoisotopic (exact) mass is 761 g/mol. The van der Waals surface area contributed by atoms with Crippen LogP contribution in [0.1, 0.15) is 114 Å². The van der Waals surface area contributed by atoms with E-state index in [0.717, 1.165) is 67.5 Å². The maximum absolute atomic E-state index is 13.3. The van der Waals surface area contributed by atoms with E-state index in [0.29, 0.717) is 29.7 Å². The number of hydrogen-bond acceptors (Lipinski definition) is 9. The van der Waals surface area contributed by atoms with E-state index < -0.39 is 58.7 Å². The Morgan fingerprint density at radius 3 is 2.35 bits per heavy atom. The molecule has 0 aliphatic carbocycles. The van der Waals surface area contributed by atoms with Crippen LogP contribution in [0.4, 0.5) is 24.5 Å². The summed E-state index contributed by atoms with van der Waals surface area (Å²) in [5.74, 6) is -2.98. The number of anilines is 2. The van der Waals surface area contributed by atoms with Crippen LogP contribution in [0.25, 0.3) is 10.9 Å². The zero-order valence-corrected chi connectivity index (χ0v) is 30.5.